The molecular formula is C21H26F3N3O. The molecule has 28 heavy (non-hydrogen) atoms. The lowest BCUT2D eigenvalue weighted by Gasteiger charge is -2.30. The summed E-state index contributed by atoms with van der Waals surface area (Å²) >= 11 is 0. The van der Waals surface area contributed by atoms with Crippen LogP contribution in [0.15, 0.2) is 54.6 Å². The second kappa shape index (κ2) is 8.75. The van der Waals surface area contributed by atoms with Gasteiger partial charge in [-0.1, -0.05) is 42.5 Å². The minimum atomic E-state index is -4.43. The Balaban J connectivity index is 2.05. The first-order chi connectivity index (χ1) is 13.0. The summed E-state index contributed by atoms with van der Waals surface area (Å²) < 4.78 is 40.2. The van der Waals surface area contributed by atoms with Gasteiger partial charge in [-0.25, -0.2) is 0 Å². The molecule has 2 aromatic rings. The van der Waals surface area contributed by atoms with Crippen LogP contribution in [0.2, 0.25) is 0 Å². The standard InChI is InChI=1S/C21H26F3N3O/c1-20(2,3)27-18(21(22,23)24)15-9-11-16(12-10-15)26-19(28)17(25)13-14-7-5-4-6-8-14/h4-12,17-18,27H,13,25H2,1-3H3,(H,26,28)/t17-,18?/m0/s1. The summed E-state index contributed by atoms with van der Waals surface area (Å²) in [4.78, 5) is 12.3. The minimum absolute atomic E-state index is 0.0778. The molecule has 2 rings (SSSR count). The van der Waals surface area contributed by atoms with Crippen LogP contribution >= 0.6 is 0 Å². The highest BCUT2D eigenvalue weighted by molar-refractivity contribution is 5.94. The summed E-state index contributed by atoms with van der Waals surface area (Å²) in [5, 5.41) is 5.24. The Morgan fingerprint density at radius 3 is 2.07 bits per heavy atom. The number of hydrogen-bond donors (Lipinski definition) is 3. The maximum Gasteiger partial charge on any atom is 0.407 e. The van der Waals surface area contributed by atoms with Gasteiger partial charge in [-0.15, -0.1) is 0 Å². The fourth-order valence-corrected chi connectivity index (χ4v) is 2.74. The third-order valence-electron chi connectivity index (χ3n) is 4.05. The Kier molecular flexibility index (Phi) is 6.85. The molecule has 0 bridgehead atoms. The van der Waals surface area contributed by atoms with Gasteiger partial charge in [0.1, 0.15) is 6.04 Å². The molecule has 0 aliphatic carbocycles. The van der Waals surface area contributed by atoms with Crippen molar-refractivity contribution in [2.24, 2.45) is 5.73 Å². The molecule has 0 saturated carbocycles. The van der Waals surface area contributed by atoms with Crippen molar-refractivity contribution < 1.29 is 18.0 Å². The number of amides is 1. The van der Waals surface area contributed by atoms with Crippen molar-refractivity contribution in [2.45, 2.75) is 51.0 Å². The van der Waals surface area contributed by atoms with Crippen LogP contribution < -0.4 is 16.4 Å². The monoisotopic (exact) mass is 393 g/mol. The summed E-state index contributed by atoms with van der Waals surface area (Å²) in [5.74, 6) is -0.392. The van der Waals surface area contributed by atoms with Gasteiger partial charge in [0.05, 0.1) is 6.04 Å². The van der Waals surface area contributed by atoms with E-state index in [-0.39, 0.29) is 5.56 Å². The molecule has 0 aliphatic heterocycles. The second-order valence-electron chi connectivity index (χ2n) is 7.78. The largest absolute Gasteiger partial charge is 0.407 e. The van der Waals surface area contributed by atoms with E-state index in [9.17, 15) is 18.0 Å². The topological polar surface area (TPSA) is 67.1 Å². The van der Waals surface area contributed by atoms with E-state index >= 15 is 0 Å². The minimum Gasteiger partial charge on any atom is -0.325 e. The number of rotatable bonds is 6. The van der Waals surface area contributed by atoms with E-state index in [2.05, 4.69) is 10.6 Å². The highest BCUT2D eigenvalue weighted by Crippen LogP contribution is 2.34. The maximum atomic E-state index is 13.4. The normalized spacial score (nSPS) is 14.4. The molecule has 7 heteroatoms. The molecule has 152 valence electrons. The molecule has 0 radical (unpaired) electrons. The van der Waals surface area contributed by atoms with Crippen molar-refractivity contribution in [3.05, 3.63) is 65.7 Å². The summed E-state index contributed by atoms with van der Waals surface area (Å²) in [6.07, 6.45) is -4.06. The number of nitrogens with one attached hydrogen (secondary N) is 2. The van der Waals surface area contributed by atoms with Crippen molar-refractivity contribution in [3.8, 4) is 0 Å². The van der Waals surface area contributed by atoms with Crippen molar-refractivity contribution in [1.82, 2.24) is 5.32 Å². The molecule has 2 aromatic carbocycles. The van der Waals surface area contributed by atoms with Gasteiger partial charge in [0, 0.05) is 11.2 Å². The van der Waals surface area contributed by atoms with Gasteiger partial charge in [0.25, 0.3) is 0 Å². The highest BCUT2D eigenvalue weighted by Gasteiger charge is 2.42. The number of alkyl halides is 3. The average molecular weight is 393 g/mol. The molecule has 4 nitrogen and oxygen atoms in total. The van der Waals surface area contributed by atoms with Crippen LogP contribution in [0, 0.1) is 0 Å². The molecule has 0 saturated heterocycles. The van der Waals surface area contributed by atoms with Gasteiger partial charge < -0.3 is 11.1 Å². The predicted molar refractivity (Wildman–Crippen MR) is 105 cm³/mol. The van der Waals surface area contributed by atoms with Gasteiger partial charge >= 0.3 is 6.18 Å². The summed E-state index contributed by atoms with van der Waals surface area (Å²) in [6.45, 7) is 5.03. The van der Waals surface area contributed by atoms with Gasteiger partial charge in [-0.3, -0.25) is 10.1 Å². The molecule has 0 spiro atoms. The SMILES string of the molecule is CC(C)(C)NC(c1ccc(NC(=O)[C@@H](N)Cc2ccccc2)cc1)C(F)(F)F. The second-order valence-corrected chi connectivity index (χ2v) is 7.78. The zero-order chi connectivity index (χ0) is 20.9. The number of halogens is 3. The van der Waals surface area contributed by atoms with Crippen molar-refractivity contribution in [2.75, 3.05) is 5.32 Å². The third kappa shape index (κ3) is 6.65. The molecular weight excluding hydrogens is 367 g/mol. The number of nitrogens with two attached hydrogens (primary N) is 1. The van der Waals surface area contributed by atoms with Crippen molar-refractivity contribution >= 4 is 11.6 Å². The summed E-state index contributed by atoms with van der Waals surface area (Å²) in [6, 6.07) is 12.4. The van der Waals surface area contributed by atoms with E-state index in [0.717, 1.165) is 5.56 Å². The van der Waals surface area contributed by atoms with Gasteiger partial charge in [0.2, 0.25) is 5.91 Å². The van der Waals surface area contributed by atoms with Crippen LogP contribution in [0.25, 0.3) is 0 Å². The first-order valence-corrected chi connectivity index (χ1v) is 9.00. The lowest BCUT2D eigenvalue weighted by Crippen LogP contribution is -2.45. The number of benzene rings is 2. The molecule has 4 N–H and O–H groups in total. The maximum absolute atomic E-state index is 13.4. The predicted octanol–water partition coefficient (Wildman–Crippen LogP) is 4.19. The van der Waals surface area contributed by atoms with E-state index in [1.165, 1.54) is 24.3 Å². The number of anilines is 1. The Morgan fingerprint density at radius 2 is 1.57 bits per heavy atom. The number of hydrogen-bond acceptors (Lipinski definition) is 3. The number of carbonyl (C=O) groups is 1. The smallest absolute Gasteiger partial charge is 0.325 e. The fraction of sp³-hybridized carbons (Fsp3) is 0.381. The van der Waals surface area contributed by atoms with Crippen LogP contribution in [-0.4, -0.2) is 23.7 Å². The number of carbonyl (C=O) groups excluding carboxylic acids is 1. The molecule has 0 aliphatic rings. The Bertz CT molecular complexity index is 768. The molecule has 0 fully saturated rings. The van der Waals surface area contributed by atoms with Crippen LogP contribution in [0.1, 0.15) is 37.9 Å². The fourth-order valence-electron chi connectivity index (χ4n) is 2.74. The summed E-state index contributed by atoms with van der Waals surface area (Å²) in [5.41, 5.74) is 6.63. The lowest BCUT2D eigenvalue weighted by atomic mass is 10.0. The Morgan fingerprint density at radius 1 is 1.00 bits per heavy atom. The Hall–Kier alpha value is -2.38. The van der Waals surface area contributed by atoms with Crippen LogP contribution in [0.4, 0.5) is 18.9 Å². The molecule has 1 unspecified atom stereocenters. The zero-order valence-electron chi connectivity index (χ0n) is 16.2. The van der Waals surface area contributed by atoms with Crippen molar-refractivity contribution in [3.63, 3.8) is 0 Å². The quantitative estimate of drug-likeness (QED) is 0.690. The van der Waals surface area contributed by atoms with E-state index < -0.39 is 29.7 Å². The van der Waals surface area contributed by atoms with Gasteiger partial charge in [-0.2, -0.15) is 13.2 Å². The first-order valence-electron chi connectivity index (χ1n) is 9.00. The van der Waals surface area contributed by atoms with Crippen molar-refractivity contribution in [1.29, 1.82) is 0 Å². The lowest BCUT2D eigenvalue weighted by molar-refractivity contribution is -0.161. The van der Waals surface area contributed by atoms with Gasteiger partial charge in [-0.05, 0) is 50.5 Å². The molecule has 0 aromatic heterocycles. The molecule has 1 amide bonds. The van der Waals surface area contributed by atoms with Crippen LogP contribution in [-0.2, 0) is 11.2 Å². The van der Waals surface area contributed by atoms with E-state index in [4.69, 9.17) is 5.73 Å². The van der Waals surface area contributed by atoms with Crippen LogP contribution in [0.3, 0.4) is 0 Å². The average Bonchev–Trinajstić information content (AvgIpc) is 2.60. The van der Waals surface area contributed by atoms with E-state index in [0.29, 0.717) is 12.1 Å². The third-order valence-corrected chi connectivity index (χ3v) is 4.05. The zero-order valence-corrected chi connectivity index (χ0v) is 16.2. The van der Waals surface area contributed by atoms with E-state index in [1.807, 2.05) is 30.3 Å². The molecule has 2 atom stereocenters. The van der Waals surface area contributed by atoms with Gasteiger partial charge in [0.15, 0.2) is 0 Å². The molecule has 0 heterocycles. The first kappa shape index (κ1) is 21.9. The van der Waals surface area contributed by atoms with E-state index in [1.54, 1.807) is 20.8 Å². The van der Waals surface area contributed by atoms with Crippen LogP contribution in [0.5, 0.6) is 0 Å². The highest BCUT2D eigenvalue weighted by atomic mass is 19.4. The Labute approximate surface area is 163 Å². The summed E-state index contributed by atoms with van der Waals surface area (Å²) in [7, 11) is 0.